The molecule has 4 nitrogen and oxygen atoms in total. The van der Waals surface area contributed by atoms with Gasteiger partial charge in [0.05, 0.1) is 6.04 Å². The van der Waals surface area contributed by atoms with Crippen molar-refractivity contribution in [2.75, 3.05) is 6.54 Å². The molecule has 1 amide bonds. The third-order valence-corrected chi connectivity index (χ3v) is 5.81. The minimum absolute atomic E-state index is 0.0143. The molecule has 4 rings (SSSR count). The monoisotopic (exact) mass is 330 g/mol. The fourth-order valence-electron chi connectivity index (χ4n) is 2.90. The van der Waals surface area contributed by atoms with Crippen LogP contribution >= 0.6 is 22.7 Å². The van der Waals surface area contributed by atoms with Crippen LogP contribution in [0.3, 0.4) is 0 Å². The molecule has 4 heterocycles. The summed E-state index contributed by atoms with van der Waals surface area (Å²) in [6, 6.07) is 7.95. The van der Waals surface area contributed by atoms with Gasteiger partial charge in [-0.3, -0.25) is 4.79 Å². The molecular weight excluding hydrogens is 316 g/mol. The lowest BCUT2D eigenvalue weighted by atomic mass is 9.98. The Morgan fingerprint density at radius 2 is 2.27 bits per heavy atom. The first-order valence-electron chi connectivity index (χ1n) is 7.08. The van der Waals surface area contributed by atoms with Gasteiger partial charge in [0, 0.05) is 22.4 Å². The molecule has 0 saturated heterocycles. The van der Waals surface area contributed by atoms with Crippen molar-refractivity contribution in [3.63, 3.8) is 0 Å². The highest BCUT2D eigenvalue weighted by Crippen LogP contribution is 2.40. The topological polar surface area (TPSA) is 46.3 Å². The molecule has 22 heavy (non-hydrogen) atoms. The third-order valence-electron chi connectivity index (χ3n) is 3.89. The normalized spacial score (nSPS) is 17.5. The Hall–Kier alpha value is -1.92. The van der Waals surface area contributed by atoms with Crippen molar-refractivity contribution in [3.05, 3.63) is 61.8 Å². The molecule has 0 aromatic carbocycles. The first kappa shape index (κ1) is 13.7. The Morgan fingerprint density at radius 3 is 3.00 bits per heavy atom. The standard InChI is InChI=1S/C16H14N2O2S2/c1-10-9-12(17-20-10)16(19)18-6-4-13-11(5-8-22-13)15(18)14-3-2-7-21-14/h2-3,5,7-9,15H,4,6H2,1H3. The van der Waals surface area contributed by atoms with Gasteiger partial charge in [-0.1, -0.05) is 11.2 Å². The van der Waals surface area contributed by atoms with E-state index in [1.54, 1.807) is 35.7 Å². The number of rotatable bonds is 2. The summed E-state index contributed by atoms with van der Waals surface area (Å²) in [6.45, 7) is 2.51. The molecule has 0 fully saturated rings. The van der Waals surface area contributed by atoms with Crippen LogP contribution < -0.4 is 0 Å². The van der Waals surface area contributed by atoms with Crippen LogP contribution in [0.2, 0.25) is 0 Å². The molecule has 112 valence electrons. The summed E-state index contributed by atoms with van der Waals surface area (Å²) in [4.78, 5) is 17.3. The molecule has 0 spiro atoms. The maximum absolute atomic E-state index is 12.9. The molecule has 0 bridgehead atoms. The average molecular weight is 330 g/mol. The number of fused-ring (bicyclic) bond motifs is 1. The molecule has 0 saturated carbocycles. The van der Waals surface area contributed by atoms with E-state index in [2.05, 4.69) is 28.0 Å². The number of hydrogen-bond acceptors (Lipinski definition) is 5. The second kappa shape index (κ2) is 5.37. The molecule has 3 aromatic rings. The highest BCUT2D eigenvalue weighted by molar-refractivity contribution is 7.10. The smallest absolute Gasteiger partial charge is 0.276 e. The van der Waals surface area contributed by atoms with E-state index < -0.39 is 0 Å². The maximum atomic E-state index is 12.9. The van der Waals surface area contributed by atoms with Crippen molar-refractivity contribution in [2.24, 2.45) is 0 Å². The van der Waals surface area contributed by atoms with Crippen LogP contribution in [-0.4, -0.2) is 22.5 Å². The van der Waals surface area contributed by atoms with E-state index >= 15 is 0 Å². The van der Waals surface area contributed by atoms with Crippen LogP contribution in [0.15, 0.2) is 39.5 Å². The number of amides is 1. The van der Waals surface area contributed by atoms with Gasteiger partial charge in [-0.25, -0.2) is 0 Å². The van der Waals surface area contributed by atoms with Gasteiger partial charge >= 0.3 is 0 Å². The highest BCUT2D eigenvalue weighted by atomic mass is 32.1. The Morgan fingerprint density at radius 1 is 1.36 bits per heavy atom. The fourth-order valence-corrected chi connectivity index (χ4v) is 4.66. The Bertz CT molecular complexity index is 804. The molecule has 0 radical (unpaired) electrons. The molecule has 1 aliphatic rings. The van der Waals surface area contributed by atoms with Crippen LogP contribution in [0.4, 0.5) is 0 Å². The van der Waals surface area contributed by atoms with Crippen LogP contribution in [0, 0.1) is 6.92 Å². The zero-order valence-corrected chi connectivity index (χ0v) is 13.6. The van der Waals surface area contributed by atoms with E-state index in [9.17, 15) is 4.79 Å². The lowest BCUT2D eigenvalue weighted by molar-refractivity contribution is 0.0688. The maximum Gasteiger partial charge on any atom is 0.276 e. The first-order chi connectivity index (χ1) is 10.7. The molecule has 1 unspecified atom stereocenters. The zero-order chi connectivity index (χ0) is 15.1. The number of carbonyl (C=O) groups is 1. The second-order valence-corrected chi connectivity index (χ2v) is 7.27. The first-order valence-corrected chi connectivity index (χ1v) is 8.84. The lowest BCUT2D eigenvalue weighted by Gasteiger charge is -2.34. The van der Waals surface area contributed by atoms with Gasteiger partial charge in [-0.2, -0.15) is 0 Å². The lowest BCUT2D eigenvalue weighted by Crippen LogP contribution is -2.39. The van der Waals surface area contributed by atoms with Crippen molar-refractivity contribution < 1.29 is 9.32 Å². The number of aryl methyl sites for hydroxylation is 1. The quantitative estimate of drug-likeness (QED) is 0.716. The number of aromatic nitrogens is 1. The summed E-state index contributed by atoms with van der Waals surface area (Å²) >= 11 is 3.46. The molecule has 1 aliphatic heterocycles. The summed E-state index contributed by atoms with van der Waals surface area (Å²) in [6.07, 6.45) is 0.900. The number of nitrogens with zero attached hydrogens (tertiary/aromatic N) is 2. The van der Waals surface area contributed by atoms with Crippen LogP contribution in [-0.2, 0) is 6.42 Å². The summed E-state index contributed by atoms with van der Waals surface area (Å²) in [7, 11) is 0. The summed E-state index contributed by atoms with van der Waals surface area (Å²) in [5, 5.41) is 8.06. The number of hydrogen-bond donors (Lipinski definition) is 0. The summed E-state index contributed by atoms with van der Waals surface area (Å²) in [5.74, 6) is 0.594. The van der Waals surface area contributed by atoms with E-state index in [4.69, 9.17) is 4.52 Å². The Kier molecular flexibility index (Phi) is 3.35. The van der Waals surface area contributed by atoms with Crippen molar-refractivity contribution in [2.45, 2.75) is 19.4 Å². The van der Waals surface area contributed by atoms with Gasteiger partial charge in [0.1, 0.15) is 5.76 Å². The van der Waals surface area contributed by atoms with E-state index in [1.165, 1.54) is 15.3 Å². The minimum Gasteiger partial charge on any atom is -0.361 e. The van der Waals surface area contributed by atoms with Crippen LogP contribution in [0.1, 0.15) is 37.6 Å². The molecule has 1 atom stereocenters. The van der Waals surface area contributed by atoms with Gasteiger partial charge in [0.15, 0.2) is 5.69 Å². The molecule has 6 heteroatoms. The van der Waals surface area contributed by atoms with Gasteiger partial charge < -0.3 is 9.42 Å². The third kappa shape index (κ3) is 2.19. The van der Waals surface area contributed by atoms with Crippen molar-refractivity contribution in [1.82, 2.24) is 10.1 Å². The van der Waals surface area contributed by atoms with Crippen molar-refractivity contribution >= 4 is 28.6 Å². The van der Waals surface area contributed by atoms with Gasteiger partial charge in [-0.05, 0) is 41.8 Å². The molecule has 0 N–H and O–H groups in total. The van der Waals surface area contributed by atoms with Crippen molar-refractivity contribution in [3.8, 4) is 0 Å². The average Bonchev–Trinajstić information content (AvgIpc) is 3.26. The summed E-state index contributed by atoms with van der Waals surface area (Å²) in [5.41, 5.74) is 1.63. The van der Waals surface area contributed by atoms with Crippen LogP contribution in [0.25, 0.3) is 0 Å². The minimum atomic E-state index is -0.0629. The van der Waals surface area contributed by atoms with E-state index in [0.717, 1.165) is 6.42 Å². The number of carbonyl (C=O) groups excluding carboxylic acids is 1. The molecule has 0 aliphatic carbocycles. The molecular formula is C16H14N2O2S2. The second-order valence-electron chi connectivity index (χ2n) is 5.29. The fraction of sp³-hybridized carbons (Fsp3) is 0.250. The van der Waals surface area contributed by atoms with Crippen molar-refractivity contribution in [1.29, 1.82) is 0 Å². The zero-order valence-electron chi connectivity index (χ0n) is 12.0. The Balaban J connectivity index is 1.76. The predicted octanol–water partition coefficient (Wildman–Crippen LogP) is 3.89. The van der Waals surface area contributed by atoms with E-state index in [-0.39, 0.29) is 11.9 Å². The van der Waals surface area contributed by atoms with Gasteiger partial charge in [-0.15, -0.1) is 22.7 Å². The van der Waals surface area contributed by atoms with Gasteiger partial charge in [0.2, 0.25) is 0 Å². The van der Waals surface area contributed by atoms with E-state index in [0.29, 0.717) is 18.0 Å². The SMILES string of the molecule is Cc1cc(C(=O)N2CCc3sccc3C2c2cccs2)no1. The Labute approximate surface area is 136 Å². The van der Waals surface area contributed by atoms with E-state index in [1.807, 2.05) is 11.0 Å². The predicted molar refractivity (Wildman–Crippen MR) is 86.5 cm³/mol. The van der Waals surface area contributed by atoms with Gasteiger partial charge in [0.25, 0.3) is 5.91 Å². The molecule has 3 aromatic heterocycles. The highest BCUT2D eigenvalue weighted by Gasteiger charge is 2.34. The largest absolute Gasteiger partial charge is 0.361 e. The summed E-state index contributed by atoms with van der Waals surface area (Å²) < 4.78 is 5.06. The number of thiophene rings is 2. The van der Waals surface area contributed by atoms with Crippen LogP contribution in [0.5, 0.6) is 0 Å².